The molecule has 1 saturated heterocycles. The summed E-state index contributed by atoms with van der Waals surface area (Å²) >= 11 is 0. The van der Waals surface area contributed by atoms with Crippen LogP contribution in [0, 0.1) is 0 Å². The summed E-state index contributed by atoms with van der Waals surface area (Å²) in [6, 6.07) is 15.0. The first-order valence-electron chi connectivity index (χ1n) is 11.0. The number of amides is 2. The number of unbranched alkanes of at least 4 members (excludes halogenated alkanes) is 1. The van der Waals surface area contributed by atoms with E-state index in [1.54, 1.807) is 16.9 Å². The molecule has 2 atom stereocenters. The van der Waals surface area contributed by atoms with Gasteiger partial charge in [-0.15, -0.1) is 0 Å². The number of aromatic amines is 1. The van der Waals surface area contributed by atoms with Gasteiger partial charge in [0.05, 0.1) is 13.7 Å². The summed E-state index contributed by atoms with van der Waals surface area (Å²) in [6.07, 6.45) is 2.42. The average Bonchev–Trinajstić information content (AvgIpc) is 3.17. The maximum atomic E-state index is 13.5. The SMILES string of the molecule is CCCCN1CC(=O)N2[C@@H](c3ccccc3OC)c3[nH]c4ccccc4c3C[C@H]2C1=O. The Labute approximate surface area is 181 Å². The van der Waals surface area contributed by atoms with Gasteiger partial charge in [-0.1, -0.05) is 49.7 Å². The van der Waals surface area contributed by atoms with Gasteiger partial charge in [0, 0.05) is 35.1 Å². The summed E-state index contributed by atoms with van der Waals surface area (Å²) in [5.41, 5.74) is 4.01. The van der Waals surface area contributed by atoms with Gasteiger partial charge in [0.25, 0.3) is 0 Å². The van der Waals surface area contributed by atoms with E-state index in [4.69, 9.17) is 4.74 Å². The number of hydrogen-bond acceptors (Lipinski definition) is 3. The number of H-pyrrole nitrogens is 1. The molecule has 0 saturated carbocycles. The van der Waals surface area contributed by atoms with Crippen LogP contribution in [0.5, 0.6) is 5.75 Å². The van der Waals surface area contributed by atoms with Gasteiger partial charge in [0.15, 0.2) is 0 Å². The van der Waals surface area contributed by atoms with Gasteiger partial charge >= 0.3 is 0 Å². The lowest BCUT2D eigenvalue weighted by atomic mass is 9.86. The molecule has 6 nitrogen and oxygen atoms in total. The number of methoxy groups -OCH3 is 1. The Morgan fingerprint density at radius 2 is 1.87 bits per heavy atom. The zero-order valence-corrected chi connectivity index (χ0v) is 17.9. The second-order valence-corrected chi connectivity index (χ2v) is 8.34. The van der Waals surface area contributed by atoms with Crippen molar-refractivity contribution >= 4 is 22.7 Å². The highest BCUT2D eigenvalue weighted by atomic mass is 16.5. The summed E-state index contributed by atoms with van der Waals surface area (Å²) in [5, 5.41) is 1.11. The van der Waals surface area contributed by atoms with Crippen LogP contribution in [0.4, 0.5) is 0 Å². The molecule has 0 unspecified atom stereocenters. The summed E-state index contributed by atoms with van der Waals surface area (Å²) in [7, 11) is 1.64. The highest BCUT2D eigenvalue weighted by Gasteiger charge is 2.48. The Kier molecular flexibility index (Phi) is 4.93. The summed E-state index contributed by atoms with van der Waals surface area (Å²) in [5.74, 6) is 0.746. The molecular weight excluding hydrogens is 390 g/mol. The van der Waals surface area contributed by atoms with Gasteiger partial charge < -0.3 is 19.5 Å². The number of hydrogen-bond donors (Lipinski definition) is 1. The van der Waals surface area contributed by atoms with E-state index in [2.05, 4.69) is 18.0 Å². The maximum absolute atomic E-state index is 13.5. The first kappa shape index (κ1) is 19.7. The number of carbonyl (C=O) groups excluding carboxylic acids is 2. The van der Waals surface area contributed by atoms with Crippen LogP contribution in [0.15, 0.2) is 48.5 Å². The van der Waals surface area contributed by atoms with Crippen molar-refractivity contribution < 1.29 is 14.3 Å². The van der Waals surface area contributed by atoms with Gasteiger partial charge in [0.2, 0.25) is 11.8 Å². The van der Waals surface area contributed by atoms with E-state index in [0.717, 1.165) is 40.6 Å². The lowest BCUT2D eigenvalue weighted by Crippen LogP contribution is -2.63. The molecule has 3 heterocycles. The molecule has 0 radical (unpaired) electrons. The van der Waals surface area contributed by atoms with Crippen LogP contribution in [-0.2, 0) is 16.0 Å². The summed E-state index contributed by atoms with van der Waals surface area (Å²) in [4.78, 5) is 34.0. The first-order chi connectivity index (χ1) is 15.1. The van der Waals surface area contributed by atoms with Crippen LogP contribution >= 0.6 is 0 Å². The Balaban J connectivity index is 1.69. The number of nitrogens with zero attached hydrogens (tertiary/aromatic N) is 2. The number of aromatic nitrogens is 1. The van der Waals surface area contributed by atoms with Crippen LogP contribution in [0.25, 0.3) is 10.9 Å². The molecule has 5 rings (SSSR count). The van der Waals surface area contributed by atoms with Gasteiger partial charge in [0.1, 0.15) is 17.8 Å². The molecule has 31 heavy (non-hydrogen) atoms. The molecule has 160 valence electrons. The largest absolute Gasteiger partial charge is 0.496 e. The van der Waals surface area contributed by atoms with Crippen molar-refractivity contribution in [3.05, 3.63) is 65.4 Å². The fourth-order valence-corrected chi connectivity index (χ4v) is 5.08. The minimum atomic E-state index is -0.500. The standard InChI is InChI=1S/C25H27N3O3/c1-3-4-13-27-15-22(29)28-20(25(27)30)14-18-16-9-5-7-11-19(16)26-23(18)24(28)17-10-6-8-12-21(17)31-2/h5-12,20,24,26H,3-4,13-15H2,1-2H3/t20-,24-/m0/s1. The van der Waals surface area contributed by atoms with Crippen LogP contribution < -0.4 is 4.74 Å². The zero-order valence-electron chi connectivity index (χ0n) is 17.9. The van der Waals surface area contributed by atoms with E-state index < -0.39 is 6.04 Å². The van der Waals surface area contributed by atoms with Crippen LogP contribution in [0.3, 0.4) is 0 Å². The van der Waals surface area contributed by atoms with E-state index in [1.165, 1.54) is 0 Å². The van der Waals surface area contributed by atoms with Gasteiger partial charge in [-0.05, 0) is 24.1 Å². The minimum absolute atomic E-state index is 0.0130. The second-order valence-electron chi connectivity index (χ2n) is 8.34. The van der Waals surface area contributed by atoms with Crippen molar-refractivity contribution in [2.75, 3.05) is 20.2 Å². The molecule has 1 fully saturated rings. The number of benzene rings is 2. The zero-order chi connectivity index (χ0) is 21.5. The molecule has 6 heteroatoms. The fraction of sp³-hybridized carbons (Fsp3) is 0.360. The molecule has 1 N–H and O–H groups in total. The van der Waals surface area contributed by atoms with Crippen molar-refractivity contribution in [1.29, 1.82) is 0 Å². The predicted molar refractivity (Wildman–Crippen MR) is 119 cm³/mol. The number of carbonyl (C=O) groups is 2. The number of ether oxygens (including phenoxy) is 1. The molecule has 2 aromatic carbocycles. The van der Waals surface area contributed by atoms with Crippen LogP contribution in [0.1, 0.15) is 42.6 Å². The topological polar surface area (TPSA) is 65.6 Å². The highest BCUT2D eigenvalue weighted by Crippen LogP contribution is 2.44. The molecule has 0 aliphatic carbocycles. The van der Waals surface area contributed by atoms with Crippen molar-refractivity contribution in [1.82, 2.24) is 14.8 Å². The third kappa shape index (κ3) is 3.09. The number of fused-ring (bicyclic) bond motifs is 4. The predicted octanol–water partition coefficient (Wildman–Crippen LogP) is 3.66. The van der Waals surface area contributed by atoms with Gasteiger partial charge in [-0.3, -0.25) is 9.59 Å². The van der Waals surface area contributed by atoms with Crippen LogP contribution in [0.2, 0.25) is 0 Å². The monoisotopic (exact) mass is 417 g/mol. The molecular formula is C25H27N3O3. The van der Waals surface area contributed by atoms with Gasteiger partial charge in [-0.25, -0.2) is 0 Å². The van der Waals surface area contributed by atoms with E-state index in [9.17, 15) is 9.59 Å². The van der Waals surface area contributed by atoms with Gasteiger partial charge in [-0.2, -0.15) is 0 Å². The third-order valence-electron chi connectivity index (χ3n) is 6.56. The van der Waals surface area contributed by atoms with Crippen molar-refractivity contribution in [2.45, 2.75) is 38.3 Å². The normalized spacial score (nSPS) is 20.7. The Morgan fingerprint density at radius 3 is 2.68 bits per heavy atom. The smallest absolute Gasteiger partial charge is 0.246 e. The van der Waals surface area contributed by atoms with Crippen molar-refractivity contribution in [3.8, 4) is 5.75 Å². The number of piperazine rings is 1. The van der Waals surface area contributed by atoms with E-state index in [-0.39, 0.29) is 24.4 Å². The fourth-order valence-electron chi connectivity index (χ4n) is 5.08. The molecule has 0 spiro atoms. The van der Waals surface area contributed by atoms with Crippen molar-refractivity contribution in [3.63, 3.8) is 0 Å². The molecule has 0 bridgehead atoms. The second kappa shape index (κ2) is 7.76. The lowest BCUT2D eigenvalue weighted by molar-refractivity contribution is -0.158. The van der Waals surface area contributed by atoms with Crippen molar-refractivity contribution in [2.24, 2.45) is 0 Å². The molecule has 3 aromatic rings. The quantitative estimate of drug-likeness (QED) is 0.689. The lowest BCUT2D eigenvalue weighted by Gasteiger charge is -2.47. The summed E-state index contributed by atoms with van der Waals surface area (Å²) < 4.78 is 5.66. The highest BCUT2D eigenvalue weighted by molar-refractivity contribution is 5.97. The Bertz CT molecular complexity index is 1150. The van der Waals surface area contributed by atoms with E-state index in [0.29, 0.717) is 18.7 Å². The third-order valence-corrected chi connectivity index (χ3v) is 6.56. The van der Waals surface area contributed by atoms with Crippen LogP contribution in [-0.4, -0.2) is 52.8 Å². The number of para-hydroxylation sites is 2. The number of rotatable bonds is 5. The molecule has 2 aliphatic heterocycles. The Morgan fingerprint density at radius 1 is 1.10 bits per heavy atom. The van der Waals surface area contributed by atoms with E-state index >= 15 is 0 Å². The molecule has 2 amide bonds. The first-order valence-corrected chi connectivity index (χ1v) is 11.0. The molecule has 2 aliphatic rings. The maximum Gasteiger partial charge on any atom is 0.246 e. The Hall–Kier alpha value is -3.28. The average molecular weight is 418 g/mol. The summed E-state index contributed by atoms with van der Waals surface area (Å²) in [6.45, 7) is 2.86. The minimum Gasteiger partial charge on any atom is -0.496 e. The number of nitrogens with one attached hydrogen (secondary N) is 1. The van der Waals surface area contributed by atoms with E-state index in [1.807, 2.05) is 42.5 Å². The molecule has 1 aromatic heterocycles.